The molecule has 1 N–H and O–H groups in total. The lowest BCUT2D eigenvalue weighted by atomic mass is 10.1. The van der Waals surface area contributed by atoms with Gasteiger partial charge >= 0.3 is 0 Å². The maximum absolute atomic E-state index is 12.0. The highest BCUT2D eigenvalue weighted by Gasteiger charge is 2.16. The minimum absolute atomic E-state index is 0. The Bertz CT molecular complexity index is 381. The highest BCUT2D eigenvalue weighted by molar-refractivity contribution is 14.1. The molecule has 0 aromatic heterocycles. The van der Waals surface area contributed by atoms with Crippen molar-refractivity contribution >= 4 is 40.9 Å². The molecule has 3 nitrogen and oxygen atoms in total. The minimum Gasteiger partial charge on any atom is -0.340 e. The number of rotatable bonds is 2. The Hall–Kier alpha value is -0.330. The van der Waals surface area contributed by atoms with Crippen LogP contribution in [0.5, 0.6) is 0 Å². The summed E-state index contributed by atoms with van der Waals surface area (Å²) in [6.45, 7) is 3.50. The predicted molar refractivity (Wildman–Crippen MR) is 79.6 cm³/mol. The van der Waals surface area contributed by atoms with E-state index in [4.69, 9.17) is 0 Å². The van der Waals surface area contributed by atoms with Crippen molar-refractivity contribution < 1.29 is 4.79 Å². The van der Waals surface area contributed by atoms with Gasteiger partial charge in [0.25, 0.3) is 0 Å². The molecule has 0 aliphatic carbocycles. The van der Waals surface area contributed by atoms with Crippen LogP contribution < -0.4 is 5.32 Å². The molecule has 0 bridgehead atoms. The first-order valence-electron chi connectivity index (χ1n) is 5.49. The van der Waals surface area contributed by atoms with E-state index in [1.54, 1.807) is 0 Å². The Kier molecular flexibility index (Phi) is 6.22. The van der Waals surface area contributed by atoms with Crippen molar-refractivity contribution in [2.24, 2.45) is 0 Å². The molecule has 1 amide bonds. The van der Waals surface area contributed by atoms with Crippen LogP contribution in [0.1, 0.15) is 5.56 Å². The lowest BCUT2D eigenvalue weighted by molar-refractivity contribution is -0.131. The Morgan fingerprint density at radius 1 is 1.29 bits per heavy atom. The molecule has 0 spiro atoms. The third-order valence-electron chi connectivity index (χ3n) is 2.77. The first-order chi connectivity index (χ1) is 7.77. The molecule has 2 rings (SSSR count). The molecule has 1 heterocycles. The van der Waals surface area contributed by atoms with Gasteiger partial charge in [0.15, 0.2) is 0 Å². The average molecular weight is 367 g/mol. The van der Waals surface area contributed by atoms with Crippen LogP contribution in [0.25, 0.3) is 0 Å². The van der Waals surface area contributed by atoms with Gasteiger partial charge in [-0.25, -0.2) is 0 Å². The Balaban J connectivity index is 0.00000144. The number of amides is 1. The molecular weight excluding hydrogens is 351 g/mol. The highest BCUT2D eigenvalue weighted by Crippen LogP contribution is 2.13. The minimum atomic E-state index is 0. The van der Waals surface area contributed by atoms with Gasteiger partial charge in [-0.3, -0.25) is 4.79 Å². The van der Waals surface area contributed by atoms with E-state index >= 15 is 0 Å². The summed E-state index contributed by atoms with van der Waals surface area (Å²) in [5, 5.41) is 3.25. The molecule has 1 aliphatic heterocycles. The van der Waals surface area contributed by atoms with E-state index in [2.05, 4.69) is 27.9 Å². The Morgan fingerprint density at radius 3 is 2.59 bits per heavy atom. The van der Waals surface area contributed by atoms with E-state index in [1.165, 1.54) is 3.57 Å². The monoisotopic (exact) mass is 366 g/mol. The molecule has 1 fully saturated rings. The van der Waals surface area contributed by atoms with Gasteiger partial charge in [-0.2, -0.15) is 0 Å². The smallest absolute Gasteiger partial charge is 0.227 e. The molecular formula is C12H16ClIN2O. The Morgan fingerprint density at radius 2 is 1.94 bits per heavy atom. The Labute approximate surface area is 122 Å². The zero-order chi connectivity index (χ0) is 11.4. The number of carbonyl (C=O) groups is 1. The number of nitrogens with one attached hydrogen (secondary N) is 1. The van der Waals surface area contributed by atoms with Crippen LogP contribution >= 0.6 is 35.0 Å². The third-order valence-corrected chi connectivity index (χ3v) is 3.82. The topological polar surface area (TPSA) is 32.3 Å². The maximum atomic E-state index is 12.0. The van der Waals surface area contributed by atoms with Gasteiger partial charge in [0.05, 0.1) is 6.42 Å². The molecule has 94 valence electrons. The first kappa shape index (κ1) is 14.7. The lowest BCUT2D eigenvalue weighted by Gasteiger charge is -2.27. The van der Waals surface area contributed by atoms with E-state index in [1.807, 2.05) is 29.2 Å². The van der Waals surface area contributed by atoms with Crippen LogP contribution in [0.2, 0.25) is 0 Å². The number of piperazine rings is 1. The van der Waals surface area contributed by atoms with E-state index in [0.29, 0.717) is 6.42 Å². The van der Waals surface area contributed by atoms with Crippen molar-refractivity contribution in [3.05, 3.63) is 33.4 Å². The number of nitrogens with zero attached hydrogens (tertiary/aromatic N) is 1. The number of halogens is 2. The molecule has 0 unspecified atom stereocenters. The normalized spacial score (nSPS) is 15.2. The largest absolute Gasteiger partial charge is 0.340 e. The molecule has 1 aliphatic rings. The van der Waals surface area contributed by atoms with E-state index < -0.39 is 0 Å². The van der Waals surface area contributed by atoms with Crippen molar-refractivity contribution in [3.8, 4) is 0 Å². The average Bonchev–Trinajstić information content (AvgIpc) is 2.33. The summed E-state index contributed by atoms with van der Waals surface area (Å²) in [6, 6.07) is 8.06. The van der Waals surface area contributed by atoms with Crippen molar-refractivity contribution in [1.82, 2.24) is 10.2 Å². The molecule has 1 saturated heterocycles. The van der Waals surface area contributed by atoms with Crippen molar-refractivity contribution in [1.29, 1.82) is 0 Å². The fourth-order valence-electron chi connectivity index (χ4n) is 1.83. The molecule has 0 atom stereocenters. The maximum Gasteiger partial charge on any atom is 0.227 e. The van der Waals surface area contributed by atoms with Gasteiger partial charge < -0.3 is 10.2 Å². The zero-order valence-corrected chi connectivity index (χ0v) is 12.5. The van der Waals surface area contributed by atoms with E-state index in [0.717, 1.165) is 31.7 Å². The van der Waals surface area contributed by atoms with Gasteiger partial charge in [-0.05, 0) is 34.2 Å². The summed E-state index contributed by atoms with van der Waals surface area (Å²) in [5.74, 6) is 0.241. The molecule has 0 saturated carbocycles. The molecule has 17 heavy (non-hydrogen) atoms. The second-order valence-corrected chi connectivity index (χ2v) is 5.06. The number of hydrogen-bond donors (Lipinski definition) is 1. The van der Waals surface area contributed by atoms with E-state index in [9.17, 15) is 4.79 Å². The number of carbonyl (C=O) groups excluding carboxylic acids is 1. The second-order valence-electron chi connectivity index (χ2n) is 3.90. The molecule has 5 heteroatoms. The van der Waals surface area contributed by atoms with Gasteiger partial charge in [0.2, 0.25) is 5.91 Å². The molecule has 1 aromatic carbocycles. The fraction of sp³-hybridized carbons (Fsp3) is 0.417. The molecule has 1 aromatic rings. The van der Waals surface area contributed by atoms with Gasteiger partial charge in [-0.15, -0.1) is 12.4 Å². The van der Waals surface area contributed by atoms with Crippen molar-refractivity contribution in [2.45, 2.75) is 6.42 Å². The van der Waals surface area contributed by atoms with Crippen molar-refractivity contribution in [3.63, 3.8) is 0 Å². The van der Waals surface area contributed by atoms with Crippen LogP contribution in [-0.4, -0.2) is 37.0 Å². The quantitative estimate of drug-likeness (QED) is 0.808. The third kappa shape index (κ3) is 4.12. The van der Waals surface area contributed by atoms with Crippen LogP contribution in [0, 0.1) is 3.57 Å². The molecule has 0 radical (unpaired) electrons. The number of benzene rings is 1. The van der Waals surface area contributed by atoms with Crippen LogP contribution in [0.3, 0.4) is 0 Å². The lowest BCUT2D eigenvalue weighted by Crippen LogP contribution is -2.47. The summed E-state index contributed by atoms with van der Waals surface area (Å²) in [7, 11) is 0. The fourth-order valence-corrected chi connectivity index (χ4v) is 2.41. The number of hydrogen-bond acceptors (Lipinski definition) is 2. The second kappa shape index (κ2) is 7.18. The summed E-state index contributed by atoms with van der Waals surface area (Å²) in [5.41, 5.74) is 1.13. The van der Waals surface area contributed by atoms with Crippen LogP contribution in [0.4, 0.5) is 0 Å². The van der Waals surface area contributed by atoms with Crippen LogP contribution in [-0.2, 0) is 11.2 Å². The van der Waals surface area contributed by atoms with Gasteiger partial charge in [0.1, 0.15) is 0 Å². The van der Waals surface area contributed by atoms with Crippen LogP contribution in [0.15, 0.2) is 24.3 Å². The predicted octanol–water partition coefficient (Wildman–Crippen LogP) is 1.69. The summed E-state index contributed by atoms with van der Waals surface area (Å²) in [6.07, 6.45) is 0.527. The first-order valence-corrected chi connectivity index (χ1v) is 6.57. The van der Waals surface area contributed by atoms with Crippen molar-refractivity contribution in [2.75, 3.05) is 26.2 Å². The summed E-state index contributed by atoms with van der Waals surface area (Å²) >= 11 is 2.28. The zero-order valence-electron chi connectivity index (χ0n) is 9.49. The van der Waals surface area contributed by atoms with Gasteiger partial charge in [0, 0.05) is 29.7 Å². The highest BCUT2D eigenvalue weighted by atomic mass is 127. The summed E-state index contributed by atoms with van der Waals surface area (Å²) in [4.78, 5) is 14.0. The summed E-state index contributed by atoms with van der Waals surface area (Å²) < 4.78 is 1.17. The SMILES string of the molecule is Cl.O=C(Cc1ccccc1I)N1CCNCC1. The van der Waals surface area contributed by atoms with E-state index in [-0.39, 0.29) is 18.3 Å². The van der Waals surface area contributed by atoms with Gasteiger partial charge in [-0.1, -0.05) is 18.2 Å². The standard InChI is InChI=1S/C12H15IN2O.ClH/c13-11-4-2-1-3-10(11)9-12(16)15-7-5-14-6-8-15;/h1-4,14H,5-9H2;1H.